The maximum Gasteiger partial charge on any atom is 0.297 e. The highest BCUT2D eigenvalue weighted by atomic mass is 35.5. The minimum absolute atomic E-state index is 0.0665. The lowest BCUT2D eigenvalue weighted by Gasteiger charge is -2.25. The second-order valence-corrected chi connectivity index (χ2v) is 6.32. The summed E-state index contributed by atoms with van der Waals surface area (Å²) in [6, 6.07) is 13.7. The summed E-state index contributed by atoms with van der Waals surface area (Å²) in [5, 5.41) is 14.8. The Balaban J connectivity index is 1.92. The number of hydrogen-bond donors (Lipinski definition) is 2. The summed E-state index contributed by atoms with van der Waals surface area (Å²) in [7, 11) is 0. The predicted octanol–water partition coefficient (Wildman–Crippen LogP) is 4.54. The van der Waals surface area contributed by atoms with E-state index in [4.69, 9.17) is 11.6 Å². The van der Waals surface area contributed by atoms with Crippen LogP contribution in [0.2, 0.25) is 5.02 Å². The van der Waals surface area contributed by atoms with Crippen molar-refractivity contribution in [1.82, 2.24) is 9.97 Å². The van der Waals surface area contributed by atoms with Gasteiger partial charge >= 0.3 is 0 Å². The van der Waals surface area contributed by atoms with E-state index in [0.717, 1.165) is 0 Å². The van der Waals surface area contributed by atoms with Gasteiger partial charge in [-0.1, -0.05) is 35.9 Å². The van der Waals surface area contributed by atoms with Crippen LogP contribution in [0.1, 0.15) is 24.7 Å². The van der Waals surface area contributed by atoms with Gasteiger partial charge in [-0.05, 0) is 36.8 Å². The highest BCUT2D eigenvalue weighted by molar-refractivity contribution is 6.30. The van der Waals surface area contributed by atoms with Crippen molar-refractivity contribution in [3.63, 3.8) is 0 Å². The van der Waals surface area contributed by atoms with E-state index in [1.54, 1.807) is 55.5 Å². The van der Waals surface area contributed by atoms with Gasteiger partial charge in [0.1, 0.15) is 11.4 Å². The van der Waals surface area contributed by atoms with Crippen LogP contribution in [0.3, 0.4) is 0 Å². The lowest BCUT2D eigenvalue weighted by atomic mass is 9.96. The SMILES string of the molecule is CC(O)(CNc1nc(C(F)F)nc2ccccc12)c1cccc(Cl)c1. The number of rotatable bonds is 5. The third-order valence-electron chi connectivity index (χ3n) is 3.86. The van der Waals surface area contributed by atoms with Crippen LogP contribution in [-0.2, 0) is 5.60 Å². The summed E-state index contributed by atoms with van der Waals surface area (Å²) >= 11 is 5.97. The van der Waals surface area contributed by atoms with Gasteiger partial charge in [0.05, 0.1) is 5.52 Å². The van der Waals surface area contributed by atoms with E-state index in [0.29, 0.717) is 21.5 Å². The molecule has 2 N–H and O–H groups in total. The molecule has 0 fully saturated rings. The molecule has 1 aromatic heterocycles. The van der Waals surface area contributed by atoms with Crippen molar-refractivity contribution in [2.75, 3.05) is 11.9 Å². The molecule has 0 aliphatic rings. The van der Waals surface area contributed by atoms with Gasteiger partial charge in [0.25, 0.3) is 6.43 Å². The smallest absolute Gasteiger partial charge is 0.297 e. The number of nitrogens with zero attached hydrogens (tertiary/aromatic N) is 2. The molecule has 0 saturated heterocycles. The lowest BCUT2D eigenvalue weighted by molar-refractivity contribution is 0.0714. The quantitative estimate of drug-likeness (QED) is 0.698. The molecule has 0 radical (unpaired) electrons. The van der Waals surface area contributed by atoms with Crippen molar-refractivity contribution in [2.24, 2.45) is 0 Å². The number of fused-ring (bicyclic) bond motifs is 1. The normalized spacial score (nSPS) is 13.8. The topological polar surface area (TPSA) is 58.0 Å². The Hall–Kier alpha value is -2.31. The first-order chi connectivity index (χ1) is 11.9. The van der Waals surface area contributed by atoms with Crippen molar-refractivity contribution >= 4 is 28.3 Å². The molecule has 0 aliphatic carbocycles. The van der Waals surface area contributed by atoms with Gasteiger partial charge in [0, 0.05) is 17.0 Å². The Morgan fingerprint density at radius 2 is 1.92 bits per heavy atom. The molecule has 1 atom stereocenters. The highest BCUT2D eigenvalue weighted by Crippen LogP contribution is 2.27. The second-order valence-electron chi connectivity index (χ2n) is 5.89. The van der Waals surface area contributed by atoms with Crippen LogP contribution < -0.4 is 5.32 Å². The highest BCUT2D eigenvalue weighted by Gasteiger charge is 2.24. The van der Waals surface area contributed by atoms with E-state index < -0.39 is 17.9 Å². The standard InChI is InChI=1S/C18H16ClF2N3O/c1-18(25,11-5-4-6-12(19)9-11)10-22-16-13-7-2-3-8-14(13)23-17(24-16)15(20)21/h2-9,15,25H,10H2,1H3,(H,22,23,24). The molecule has 7 heteroatoms. The molecule has 3 rings (SSSR count). The van der Waals surface area contributed by atoms with E-state index in [1.807, 2.05) is 0 Å². The Bertz CT molecular complexity index is 902. The van der Waals surface area contributed by atoms with Gasteiger partial charge in [-0.2, -0.15) is 0 Å². The van der Waals surface area contributed by atoms with Crippen molar-refractivity contribution in [3.8, 4) is 0 Å². The number of anilines is 1. The van der Waals surface area contributed by atoms with Crippen molar-refractivity contribution in [1.29, 1.82) is 0 Å². The fourth-order valence-electron chi connectivity index (χ4n) is 2.51. The average Bonchev–Trinajstić information content (AvgIpc) is 2.59. The number of aromatic nitrogens is 2. The van der Waals surface area contributed by atoms with Crippen molar-refractivity contribution < 1.29 is 13.9 Å². The summed E-state index contributed by atoms with van der Waals surface area (Å²) in [6.45, 7) is 1.68. The number of para-hydroxylation sites is 1. The number of alkyl halides is 2. The van der Waals surface area contributed by atoms with Crippen LogP contribution in [0.5, 0.6) is 0 Å². The molecule has 130 valence electrons. The first-order valence-corrected chi connectivity index (χ1v) is 8.02. The number of nitrogens with one attached hydrogen (secondary N) is 1. The summed E-state index contributed by atoms with van der Waals surface area (Å²) in [4.78, 5) is 7.77. The van der Waals surface area contributed by atoms with Crippen LogP contribution in [0.4, 0.5) is 14.6 Å². The zero-order valence-corrected chi connectivity index (χ0v) is 14.1. The van der Waals surface area contributed by atoms with E-state index >= 15 is 0 Å². The van der Waals surface area contributed by atoms with Crippen LogP contribution in [0.25, 0.3) is 10.9 Å². The molecule has 0 aliphatic heterocycles. The van der Waals surface area contributed by atoms with Crippen LogP contribution in [0, 0.1) is 0 Å². The van der Waals surface area contributed by atoms with E-state index in [2.05, 4.69) is 15.3 Å². The third-order valence-corrected chi connectivity index (χ3v) is 4.10. The molecule has 0 bridgehead atoms. The molecule has 3 aromatic rings. The molecule has 25 heavy (non-hydrogen) atoms. The predicted molar refractivity (Wildman–Crippen MR) is 94.0 cm³/mol. The van der Waals surface area contributed by atoms with Gasteiger partial charge in [0.2, 0.25) is 0 Å². The number of aliphatic hydroxyl groups is 1. The Morgan fingerprint density at radius 3 is 2.64 bits per heavy atom. The fourth-order valence-corrected chi connectivity index (χ4v) is 2.70. The Labute approximate surface area is 148 Å². The van der Waals surface area contributed by atoms with E-state index in [9.17, 15) is 13.9 Å². The van der Waals surface area contributed by atoms with Gasteiger partial charge in [-0.3, -0.25) is 0 Å². The lowest BCUT2D eigenvalue weighted by Crippen LogP contribution is -2.31. The Morgan fingerprint density at radius 1 is 1.16 bits per heavy atom. The molecular weight excluding hydrogens is 348 g/mol. The number of hydrogen-bond acceptors (Lipinski definition) is 4. The summed E-state index contributed by atoms with van der Waals surface area (Å²) in [5.74, 6) is -0.299. The first-order valence-electron chi connectivity index (χ1n) is 7.64. The minimum Gasteiger partial charge on any atom is -0.384 e. The molecule has 0 saturated carbocycles. The third kappa shape index (κ3) is 3.86. The van der Waals surface area contributed by atoms with E-state index in [-0.39, 0.29) is 12.4 Å². The summed E-state index contributed by atoms with van der Waals surface area (Å²) in [5.41, 5.74) is -0.236. The van der Waals surface area contributed by atoms with Gasteiger partial charge in [0.15, 0.2) is 5.82 Å². The zero-order chi connectivity index (χ0) is 18.0. The minimum atomic E-state index is -2.78. The average molecular weight is 364 g/mol. The second kappa shape index (κ2) is 6.90. The molecule has 0 amide bonds. The van der Waals surface area contributed by atoms with Gasteiger partial charge in [-0.15, -0.1) is 0 Å². The first kappa shape index (κ1) is 17.5. The molecule has 4 nitrogen and oxygen atoms in total. The molecule has 1 heterocycles. The molecule has 1 unspecified atom stereocenters. The van der Waals surface area contributed by atoms with Crippen LogP contribution in [0.15, 0.2) is 48.5 Å². The maximum atomic E-state index is 13.0. The van der Waals surface area contributed by atoms with Gasteiger partial charge < -0.3 is 10.4 Å². The Kier molecular flexibility index (Phi) is 4.83. The van der Waals surface area contributed by atoms with Crippen molar-refractivity contribution in [2.45, 2.75) is 19.0 Å². The molecule has 2 aromatic carbocycles. The number of benzene rings is 2. The molecular formula is C18H16ClF2N3O. The van der Waals surface area contributed by atoms with Crippen LogP contribution in [-0.4, -0.2) is 21.6 Å². The fraction of sp³-hybridized carbons (Fsp3) is 0.222. The molecule has 0 spiro atoms. The van der Waals surface area contributed by atoms with E-state index in [1.165, 1.54) is 0 Å². The van der Waals surface area contributed by atoms with Crippen LogP contribution >= 0.6 is 11.6 Å². The maximum absolute atomic E-state index is 13.0. The summed E-state index contributed by atoms with van der Waals surface area (Å²) in [6.07, 6.45) is -2.78. The van der Waals surface area contributed by atoms with Gasteiger partial charge in [-0.25, -0.2) is 18.7 Å². The monoisotopic (exact) mass is 363 g/mol. The van der Waals surface area contributed by atoms with Crippen molar-refractivity contribution in [3.05, 3.63) is 64.9 Å². The zero-order valence-electron chi connectivity index (χ0n) is 13.4. The summed E-state index contributed by atoms with van der Waals surface area (Å²) < 4.78 is 26.1. The largest absolute Gasteiger partial charge is 0.384 e. The number of halogens is 3.